The molecule has 2 saturated carbocycles. The second kappa shape index (κ2) is 6.05. The molecule has 1 aromatic rings. The molecule has 0 spiro atoms. The Morgan fingerprint density at radius 3 is 2.19 bits per heavy atom. The van der Waals surface area contributed by atoms with Crippen LogP contribution in [-0.4, -0.2) is 22.7 Å². The van der Waals surface area contributed by atoms with Gasteiger partial charge < -0.3 is 0 Å². The lowest BCUT2D eigenvalue weighted by atomic mass is 9.81. The number of amides is 3. The van der Waals surface area contributed by atoms with Crippen LogP contribution in [-0.2, 0) is 9.59 Å². The van der Waals surface area contributed by atoms with Gasteiger partial charge in [-0.2, -0.15) is 5.01 Å². The second-order valence-corrected chi connectivity index (χ2v) is 9.09. The van der Waals surface area contributed by atoms with Crippen molar-refractivity contribution in [3.05, 3.63) is 33.0 Å². The number of fused-ring (bicyclic) bond motifs is 5. The molecule has 26 heavy (non-hydrogen) atoms. The van der Waals surface area contributed by atoms with E-state index in [1.165, 1.54) is 22.5 Å². The van der Waals surface area contributed by atoms with Crippen molar-refractivity contribution in [2.75, 3.05) is 0 Å². The van der Waals surface area contributed by atoms with Crippen molar-refractivity contribution in [1.82, 2.24) is 10.4 Å². The minimum atomic E-state index is -0.385. The molecule has 2 bridgehead atoms. The first-order valence-corrected chi connectivity index (χ1v) is 10.1. The monoisotopic (exact) mass is 372 g/mol. The van der Waals surface area contributed by atoms with Gasteiger partial charge in [0.05, 0.1) is 17.4 Å². The van der Waals surface area contributed by atoms with Crippen LogP contribution >= 0.6 is 11.3 Å². The van der Waals surface area contributed by atoms with Gasteiger partial charge in [0, 0.05) is 10.3 Å². The average molecular weight is 372 g/mol. The Kier molecular flexibility index (Phi) is 4.06. The standard InChI is InChI=1S/C20H24N2O3S/c1-9(2)14-7-11(8-26-14)18(23)21-22-19(24)16-12-5-6-13(15(12)10(3)4)17(16)20(22)25/h7-9,12-13,16-17H,5-6H2,1-4H3,(H,21,23). The molecule has 138 valence electrons. The van der Waals surface area contributed by atoms with Gasteiger partial charge in [-0.15, -0.1) is 11.3 Å². The molecule has 4 atom stereocenters. The fourth-order valence-corrected chi connectivity index (χ4v) is 5.95. The molecule has 5 nitrogen and oxygen atoms in total. The number of carbonyl (C=O) groups excluding carboxylic acids is 3. The molecule has 1 aliphatic heterocycles. The van der Waals surface area contributed by atoms with Crippen molar-refractivity contribution < 1.29 is 14.4 Å². The number of rotatable bonds is 3. The highest BCUT2D eigenvalue weighted by molar-refractivity contribution is 7.10. The Morgan fingerprint density at radius 2 is 1.73 bits per heavy atom. The molecule has 3 fully saturated rings. The first-order chi connectivity index (χ1) is 12.3. The van der Waals surface area contributed by atoms with Crippen LogP contribution in [0.15, 0.2) is 22.6 Å². The van der Waals surface area contributed by atoms with Gasteiger partial charge in [0.2, 0.25) is 0 Å². The van der Waals surface area contributed by atoms with E-state index in [0.29, 0.717) is 11.5 Å². The van der Waals surface area contributed by atoms with Gasteiger partial charge >= 0.3 is 0 Å². The molecule has 0 radical (unpaired) electrons. The van der Waals surface area contributed by atoms with Gasteiger partial charge in [-0.25, -0.2) is 0 Å². The predicted octanol–water partition coefficient (Wildman–Crippen LogP) is 3.49. The SMILES string of the molecule is CC(C)=C1C2CCC1C1C(=O)N(NC(=O)c3csc(C(C)C)c3)C(=O)C21. The highest BCUT2D eigenvalue weighted by Crippen LogP contribution is 2.59. The van der Waals surface area contributed by atoms with Crippen LogP contribution in [0.25, 0.3) is 0 Å². The number of allylic oxidation sites excluding steroid dienone is 2. The van der Waals surface area contributed by atoms with Gasteiger partial charge in [-0.05, 0) is 50.5 Å². The summed E-state index contributed by atoms with van der Waals surface area (Å²) in [5.41, 5.74) is 5.63. The topological polar surface area (TPSA) is 66.5 Å². The fourth-order valence-electron chi connectivity index (χ4n) is 5.04. The third-order valence-corrected chi connectivity index (χ3v) is 7.33. The van der Waals surface area contributed by atoms with Crippen molar-refractivity contribution in [1.29, 1.82) is 0 Å². The van der Waals surface area contributed by atoms with E-state index >= 15 is 0 Å². The second-order valence-electron chi connectivity index (χ2n) is 8.14. The summed E-state index contributed by atoms with van der Waals surface area (Å²) in [5.74, 6) is -0.764. The fraction of sp³-hybridized carbons (Fsp3) is 0.550. The third kappa shape index (κ3) is 2.38. The number of nitrogens with zero attached hydrogens (tertiary/aromatic N) is 1. The number of hydrogen-bond acceptors (Lipinski definition) is 4. The van der Waals surface area contributed by atoms with E-state index in [4.69, 9.17) is 0 Å². The average Bonchev–Trinajstić information content (AvgIpc) is 3.32. The number of nitrogens with one attached hydrogen (secondary N) is 1. The van der Waals surface area contributed by atoms with Crippen LogP contribution < -0.4 is 5.43 Å². The molecule has 6 heteroatoms. The summed E-state index contributed by atoms with van der Waals surface area (Å²) in [5, 5.41) is 2.78. The minimum Gasteiger partial charge on any atom is -0.272 e. The predicted molar refractivity (Wildman–Crippen MR) is 99.3 cm³/mol. The zero-order valence-electron chi connectivity index (χ0n) is 15.5. The van der Waals surface area contributed by atoms with Crippen LogP contribution in [0.1, 0.15) is 61.7 Å². The Balaban J connectivity index is 1.55. The summed E-state index contributed by atoms with van der Waals surface area (Å²) in [6, 6.07) is 1.83. The van der Waals surface area contributed by atoms with Crippen molar-refractivity contribution in [3.63, 3.8) is 0 Å². The lowest BCUT2D eigenvalue weighted by Crippen LogP contribution is -2.47. The first kappa shape index (κ1) is 17.5. The quantitative estimate of drug-likeness (QED) is 0.652. The van der Waals surface area contributed by atoms with Crippen LogP contribution in [0.4, 0.5) is 0 Å². The Hall–Kier alpha value is -1.95. The molecule has 2 heterocycles. The van der Waals surface area contributed by atoms with Crippen LogP contribution in [0.2, 0.25) is 0 Å². The Morgan fingerprint density at radius 1 is 1.15 bits per heavy atom. The molecule has 3 amide bonds. The molecule has 1 aromatic heterocycles. The number of thiophene rings is 1. The van der Waals surface area contributed by atoms with Crippen LogP contribution in [0, 0.1) is 23.7 Å². The van der Waals surface area contributed by atoms with Crippen molar-refractivity contribution in [3.8, 4) is 0 Å². The molecular weight excluding hydrogens is 348 g/mol. The number of hydrazine groups is 1. The Bertz CT molecular complexity index is 802. The third-order valence-electron chi connectivity index (χ3n) is 6.09. The van der Waals surface area contributed by atoms with Crippen molar-refractivity contribution >= 4 is 29.1 Å². The van der Waals surface area contributed by atoms with E-state index in [1.807, 2.05) is 6.07 Å². The first-order valence-electron chi connectivity index (χ1n) is 9.25. The smallest absolute Gasteiger partial charge is 0.271 e. The maximum atomic E-state index is 12.9. The van der Waals surface area contributed by atoms with E-state index in [9.17, 15) is 14.4 Å². The van der Waals surface area contributed by atoms with Crippen LogP contribution in [0.3, 0.4) is 0 Å². The molecule has 1 N–H and O–H groups in total. The van der Waals surface area contributed by atoms with E-state index in [2.05, 4.69) is 33.1 Å². The van der Waals surface area contributed by atoms with E-state index < -0.39 is 0 Å². The largest absolute Gasteiger partial charge is 0.272 e. The van der Waals surface area contributed by atoms with Gasteiger partial charge in [-0.1, -0.05) is 25.0 Å². The Labute approximate surface area is 157 Å². The highest BCUT2D eigenvalue weighted by atomic mass is 32.1. The lowest BCUT2D eigenvalue weighted by Gasteiger charge is -2.19. The summed E-state index contributed by atoms with van der Waals surface area (Å²) < 4.78 is 0. The zero-order chi connectivity index (χ0) is 18.7. The summed E-state index contributed by atoms with van der Waals surface area (Å²) >= 11 is 1.52. The van der Waals surface area contributed by atoms with Gasteiger partial charge in [0.25, 0.3) is 17.7 Å². The zero-order valence-corrected chi connectivity index (χ0v) is 16.4. The van der Waals surface area contributed by atoms with Gasteiger partial charge in [-0.3, -0.25) is 19.8 Å². The minimum absolute atomic E-state index is 0.169. The maximum Gasteiger partial charge on any atom is 0.271 e. The molecule has 2 aliphatic carbocycles. The van der Waals surface area contributed by atoms with E-state index in [0.717, 1.165) is 22.7 Å². The molecule has 4 rings (SSSR count). The summed E-state index contributed by atoms with van der Waals surface area (Å²) in [6.45, 7) is 8.27. The molecule has 4 unspecified atom stereocenters. The molecule has 1 saturated heterocycles. The normalized spacial score (nSPS) is 29.7. The molecule has 0 aromatic carbocycles. The van der Waals surface area contributed by atoms with Gasteiger partial charge in [0.15, 0.2) is 0 Å². The number of hydrogen-bond donors (Lipinski definition) is 1. The van der Waals surface area contributed by atoms with Crippen LogP contribution in [0.5, 0.6) is 0 Å². The number of carbonyl (C=O) groups is 3. The summed E-state index contributed by atoms with van der Waals surface area (Å²) in [7, 11) is 0. The lowest BCUT2D eigenvalue weighted by molar-refractivity contribution is -0.143. The van der Waals surface area contributed by atoms with E-state index in [-0.39, 0.29) is 41.4 Å². The summed E-state index contributed by atoms with van der Waals surface area (Å²) in [6.07, 6.45) is 1.94. The van der Waals surface area contributed by atoms with Crippen molar-refractivity contribution in [2.24, 2.45) is 23.7 Å². The highest BCUT2D eigenvalue weighted by Gasteiger charge is 2.63. The van der Waals surface area contributed by atoms with Crippen molar-refractivity contribution in [2.45, 2.75) is 46.5 Å². The molecule has 3 aliphatic rings. The summed E-state index contributed by atoms with van der Waals surface area (Å²) in [4.78, 5) is 39.5. The van der Waals surface area contributed by atoms with E-state index in [1.54, 1.807) is 5.38 Å². The number of imide groups is 1. The van der Waals surface area contributed by atoms with Gasteiger partial charge in [0.1, 0.15) is 0 Å². The molecular formula is C20H24N2O3S. The maximum absolute atomic E-state index is 12.9.